The molecule has 0 radical (unpaired) electrons. The van der Waals surface area contributed by atoms with E-state index in [0.29, 0.717) is 11.8 Å². The maximum Gasteiger partial charge on any atom is 0.416 e. The Morgan fingerprint density at radius 3 is 2.22 bits per heavy atom. The van der Waals surface area contributed by atoms with Crippen molar-refractivity contribution in [3.05, 3.63) is 48.0 Å². The summed E-state index contributed by atoms with van der Waals surface area (Å²) < 4.78 is 81.3. The van der Waals surface area contributed by atoms with Crippen molar-refractivity contribution in [2.75, 3.05) is 32.2 Å². The van der Waals surface area contributed by atoms with Crippen molar-refractivity contribution in [3.8, 4) is 11.5 Å². The number of benzene rings is 2. The van der Waals surface area contributed by atoms with Gasteiger partial charge in [-0.05, 0) is 42.5 Å². The van der Waals surface area contributed by atoms with Gasteiger partial charge >= 0.3 is 6.18 Å². The van der Waals surface area contributed by atoms with Gasteiger partial charge in [0.15, 0.2) is 0 Å². The third-order valence-electron chi connectivity index (χ3n) is 3.47. The predicted octanol–water partition coefficient (Wildman–Crippen LogP) is 3.54. The molecule has 0 saturated heterocycles. The van der Waals surface area contributed by atoms with Crippen molar-refractivity contribution < 1.29 is 35.8 Å². The van der Waals surface area contributed by atoms with Gasteiger partial charge in [0.1, 0.15) is 18.1 Å². The third kappa shape index (κ3) is 5.51. The first-order valence-corrected chi connectivity index (χ1v) is 9.15. The topological polar surface area (TPSA) is 73.9 Å². The van der Waals surface area contributed by atoms with Crippen LogP contribution in [0.2, 0.25) is 0 Å². The Balaban J connectivity index is 2.37. The Labute approximate surface area is 154 Å². The van der Waals surface area contributed by atoms with Gasteiger partial charge in [-0.15, -0.1) is 0 Å². The minimum Gasteiger partial charge on any atom is -0.497 e. The number of ether oxygens (including phenoxy) is 3. The van der Waals surface area contributed by atoms with E-state index in [1.165, 1.54) is 38.5 Å². The minimum atomic E-state index is -4.63. The van der Waals surface area contributed by atoms with Crippen LogP contribution in [0.3, 0.4) is 0 Å². The molecule has 1 N–H and O–H groups in total. The fourth-order valence-electron chi connectivity index (χ4n) is 2.11. The van der Waals surface area contributed by atoms with E-state index in [0.717, 1.165) is 12.1 Å². The standard InChI is InChI=1S/C17H18F3NO5S/c1-24-9-10-26-16-8-3-12(17(18,19)20)11-15(16)21-27(22,23)14-6-4-13(25-2)5-7-14/h3-8,11,21H,9-10H2,1-2H3. The molecule has 0 fully saturated rings. The molecule has 0 heterocycles. The van der Waals surface area contributed by atoms with Gasteiger partial charge < -0.3 is 14.2 Å². The SMILES string of the molecule is COCCOc1ccc(C(F)(F)F)cc1NS(=O)(=O)c1ccc(OC)cc1. The molecule has 0 bridgehead atoms. The fraction of sp³-hybridized carbons (Fsp3) is 0.294. The number of hydrogen-bond acceptors (Lipinski definition) is 5. The van der Waals surface area contributed by atoms with Crippen LogP contribution in [0.25, 0.3) is 0 Å². The largest absolute Gasteiger partial charge is 0.497 e. The molecule has 0 saturated carbocycles. The second kappa shape index (κ2) is 8.49. The number of alkyl halides is 3. The molecule has 2 aromatic rings. The quantitative estimate of drug-likeness (QED) is 0.680. The average molecular weight is 405 g/mol. The second-order valence-corrected chi connectivity index (χ2v) is 7.01. The molecule has 2 rings (SSSR count). The molecule has 2 aromatic carbocycles. The van der Waals surface area contributed by atoms with Crippen LogP contribution in [0.15, 0.2) is 47.4 Å². The normalized spacial score (nSPS) is 11.9. The Bertz CT molecular complexity index is 867. The van der Waals surface area contributed by atoms with Gasteiger partial charge in [0.05, 0.1) is 29.9 Å². The summed E-state index contributed by atoms with van der Waals surface area (Å²) in [6, 6.07) is 7.97. The van der Waals surface area contributed by atoms with E-state index in [-0.39, 0.29) is 29.5 Å². The lowest BCUT2D eigenvalue weighted by Crippen LogP contribution is -2.16. The molecule has 0 amide bonds. The van der Waals surface area contributed by atoms with Crippen LogP contribution in [0.5, 0.6) is 11.5 Å². The number of sulfonamides is 1. The van der Waals surface area contributed by atoms with Crippen LogP contribution in [-0.4, -0.2) is 35.9 Å². The zero-order valence-electron chi connectivity index (χ0n) is 14.5. The van der Waals surface area contributed by atoms with E-state index >= 15 is 0 Å². The van der Waals surface area contributed by atoms with Crippen LogP contribution in [0.1, 0.15) is 5.56 Å². The highest BCUT2D eigenvalue weighted by atomic mass is 32.2. The molecule has 0 aromatic heterocycles. The average Bonchev–Trinajstić information content (AvgIpc) is 2.62. The van der Waals surface area contributed by atoms with E-state index in [9.17, 15) is 21.6 Å². The summed E-state index contributed by atoms with van der Waals surface area (Å²) in [6.07, 6.45) is -4.63. The maximum atomic E-state index is 13.0. The van der Waals surface area contributed by atoms with Gasteiger partial charge in [-0.1, -0.05) is 0 Å². The summed E-state index contributed by atoms with van der Waals surface area (Å²) in [5.74, 6) is 0.397. The molecular weight excluding hydrogens is 387 g/mol. The molecule has 0 atom stereocenters. The summed E-state index contributed by atoms with van der Waals surface area (Å²) in [6.45, 7) is 0.227. The number of anilines is 1. The smallest absolute Gasteiger partial charge is 0.416 e. The third-order valence-corrected chi connectivity index (χ3v) is 4.85. The van der Waals surface area contributed by atoms with Gasteiger partial charge in [-0.25, -0.2) is 8.42 Å². The molecule has 0 aliphatic heterocycles. The maximum absolute atomic E-state index is 13.0. The second-order valence-electron chi connectivity index (χ2n) is 5.33. The molecule has 0 aliphatic rings. The first-order valence-electron chi connectivity index (χ1n) is 7.67. The summed E-state index contributed by atoms with van der Waals surface area (Å²) in [7, 11) is -1.28. The predicted molar refractivity (Wildman–Crippen MR) is 92.6 cm³/mol. The Morgan fingerprint density at radius 2 is 1.67 bits per heavy atom. The number of halogens is 3. The minimum absolute atomic E-state index is 0.0408. The summed E-state index contributed by atoms with van der Waals surface area (Å²) >= 11 is 0. The highest BCUT2D eigenvalue weighted by Gasteiger charge is 2.32. The van der Waals surface area contributed by atoms with Gasteiger partial charge in [0.2, 0.25) is 0 Å². The lowest BCUT2D eigenvalue weighted by atomic mass is 10.2. The molecule has 0 unspecified atom stereocenters. The van der Waals surface area contributed by atoms with Crippen molar-refractivity contribution in [1.82, 2.24) is 0 Å². The molecule has 27 heavy (non-hydrogen) atoms. The summed E-state index contributed by atoms with van der Waals surface area (Å²) in [4.78, 5) is -0.136. The van der Waals surface area contributed by atoms with Crippen LogP contribution < -0.4 is 14.2 Å². The lowest BCUT2D eigenvalue weighted by molar-refractivity contribution is -0.137. The van der Waals surface area contributed by atoms with Crippen molar-refractivity contribution >= 4 is 15.7 Å². The van der Waals surface area contributed by atoms with E-state index in [1.807, 2.05) is 0 Å². The highest BCUT2D eigenvalue weighted by molar-refractivity contribution is 7.92. The Morgan fingerprint density at radius 1 is 1.00 bits per heavy atom. The van der Waals surface area contributed by atoms with Crippen LogP contribution in [-0.2, 0) is 20.9 Å². The van der Waals surface area contributed by atoms with E-state index < -0.39 is 21.8 Å². The molecule has 10 heteroatoms. The molecule has 6 nitrogen and oxygen atoms in total. The number of hydrogen-bond donors (Lipinski definition) is 1. The Hall–Kier alpha value is -2.46. The molecule has 0 aliphatic carbocycles. The first kappa shape index (κ1) is 20.8. The van der Waals surface area contributed by atoms with Gasteiger partial charge in [-0.3, -0.25) is 4.72 Å². The van der Waals surface area contributed by atoms with Crippen molar-refractivity contribution in [3.63, 3.8) is 0 Å². The monoisotopic (exact) mass is 405 g/mol. The molecule has 148 valence electrons. The fourth-order valence-corrected chi connectivity index (χ4v) is 3.17. The van der Waals surface area contributed by atoms with Gasteiger partial charge in [0, 0.05) is 7.11 Å². The number of rotatable bonds is 8. The van der Waals surface area contributed by atoms with Crippen LogP contribution >= 0.6 is 0 Å². The zero-order chi connectivity index (χ0) is 20.1. The van der Waals surface area contributed by atoms with E-state index in [1.54, 1.807) is 0 Å². The van der Waals surface area contributed by atoms with Crippen LogP contribution in [0, 0.1) is 0 Å². The number of nitrogens with one attached hydrogen (secondary N) is 1. The molecular formula is C17H18F3NO5S. The number of methoxy groups -OCH3 is 2. The van der Waals surface area contributed by atoms with Gasteiger partial charge in [0.25, 0.3) is 10.0 Å². The van der Waals surface area contributed by atoms with Crippen molar-refractivity contribution in [2.45, 2.75) is 11.1 Å². The Kier molecular flexibility index (Phi) is 6.55. The first-order chi connectivity index (χ1) is 12.7. The zero-order valence-corrected chi connectivity index (χ0v) is 15.4. The van der Waals surface area contributed by atoms with Crippen molar-refractivity contribution in [1.29, 1.82) is 0 Å². The highest BCUT2D eigenvalue weighted by Crippen LogP contribution is 2.36. The van der Waals surface area contributed by atoms with Crippen LogP contribution in [0.4, 0.5) is 18.9 Å². The van der Waals surface area contributed by atoms with Crippen molar-refractivity contribution in [2.24, 2.45) is 0 Å². The van der Waals surface area contributed by atoms with E-state index in [4.69, 9.17) is 14.2 Å². The summed E-state index contributed by atoms with van der Waals surface area (Å²) in [5.41, 5.74) is -1.33. The lowest BCUT2D eigenvalue weighted by Gasteiger charge is -2.16. The molecule has 0 spiro atoms. The summed E-state index contributed by atoms with van der Waals surface area (Å²) in [5, 5.41) is 0. The van der Waals surface area contributed by atoms with Gasteiger partial charge in [-0.2, -0.15) is 13.2 Å². The van der Waals surface area contributed by atoms with E-state index in [2.05, 4.69) is 4.72 Å².